The molecule has 0 N–H and O–H groups in total. The van der Waals surface area contributed by atoms with Gasteiger partial charge in [-0.3, -0.25) is 19.9 Å². The first-order chi connectivity index (χ1) is 8.59. The van der Waals surface area contributed by atoms with Gasteiger partial charge in [0.15, 0.2) is 0 Å². The van der Waals surface area contributed by atoms with Crippen LogP contribution in [0.5, 0.6) is 0 Å². The zero-order valence-electron chi connectivity index (χ0n) is 9.00. The molecule has 0 aromatic heterocycles. The second kappa shape index (κ2) is 5.32. The molecule has 5 nitrogen and oxygen atoms in total. The lowest BCUT2D eigenvalue weighted by Crippen LogP contribution is -2.14. The molecule has 1 aliphatic rings. The second-order valence-electron chi connectivity index (χ2n) is 3.38. The highest BCUT2D eigenvalue weighted by Gasteiger charge is 2.24. The molecule has 0 aliphatic carbocycles. The molecule has 1 aromatic rings. The van der Waals surface area contributed by atoms with E-state index >= 15 is 0 Å². The molecule has 0 amide bonds. The van der Waals surface area contributed by atoms with Crippen LogP contribution in [0.2, 0.25) is 5.02 Å². The van der Waals surface area contributed by atoms with Crippen LogP contribution in [0.15, 0.2) is 34.7 Å². The van der Waals surface area contributed by atoms with Gasteiger partial charge in [-0.15, -0.1) is 0 Å². The predicted octanol–water partition coefficient (Wildman–Crippen LogP) is 3.09. The van der Waals surface area contributed by atoms with Crippen LogP contribution in [0, 0.1) is 10.1 Å². The Hall–Kier alpha value is -1.66. The molecule has 1 aromatic carbocycles. The normalized spacial score (nSPS) is 14.2. The number of halogens is 1. The minimum Gasteiger partial charge on any atom is -0.286 e. The van der Waals surface area contributed by atoms with Gasteiger partial charge in [0.05, 0.1) is 11.5 Å². The van der Waals surface area contributed by atoms with E-state index in [4.69, 9.17) is 11.6 Å². The van der Waals surface area contributed by atoms with Crippen molar-refractivity contribution in [1.82, 2.24) is 0 Å². The number of aliphatic imine (C=N–C) groups is 1. The van der Waals surface area contributed by atoms with E-state index in [2.05, 4.69) is 4.99 Å². The summed E-state index contributed by atoms with van der Waals surface area (Å²) in [5.74, 6) is -0.474. The van der Waals surface area contributed by atoms with E-state index in [0.717, 1.165) is 11.8 Å². The van der Waals surface area contributed by atoms with Crippen molar-refractivity contribution >= 4 is 39.9 Å². The van der Waals surface area contributed by atoms with Crippen LogP contribution in [-0.4, -0.2) is 22.3 Å². The third-order valence-electron chi connectivity index (χ3n) is 2.21. The van der Waals surface area contributed by atoms with E-state index in [-0.39, 0.29) is 21.3 Å². The Kier molecular flexibility index (Phi) is 3.78. The monoisotopic (exact) mass is 282 g/mol. The highest BCUT2D eigenvalue weighted by atomic mass is 35.5. The van der Waals surface area contributed by atoms with Crippen LogP contribution in [-0.2, 0) is 0 Å². The number of rotatable bonds is 3. The number of thioether (sulfide) groups is 1. The number of hydrogen-bond acceptors (Lipinski definition) is 5. The van der Waals surface area contributed by atoms with Crippen LogP contribution in [0.3, 0.4) is 0 Å². The van der Waals surface area contributed by atoms with Crippen molar-refractivity contribution in [3.05, 3.63) is 50.4 Å². The molecule has 0 saturated heterocycles. The number of nitro groups is 1. The van der Waals surface area contributed by atoms with Gasteiger partial charge >= 0.3 is 0 Å². The molecule has 18 heavy (non-hydrogen) atoms. The van der Waals surface area contributed by atoms with Crippen molar-refractivity contribution in [2.75, 3.05) is 6.54 Å². The summed E-state index contributed by atoms with van der Waals surface area (Å²) in [4.78, 5) is 26.4. The Labute approximate surface area is 112 Å². The topological polar surface area (TPSA) is 72.6 Å². The number of nitro benzene ring substituents is 1. The SMILES string of the molecule is O=C(C1=NCC=CS1)c1cc(Cl)ccc1[N+](=O)[O-]. The average molecular weight is 283 g/mol. The average Bonchev–Trinajstić information content (AvgIpc) is 2.38. The maximum atomic E-state index is 12.1. The lowest BCUT2D eigenvalue weighted by molar-refractivity contribution is -0.385. The summed E-state index contributed by atoms with van der Waals surface area (Å²) >= 11 is 6.92. The van der Waals surface area contributed by atoms with Crippen molar-refractivity contribution in [3.8, 4) is 0 Å². The zero-order chi connectivity index (χ0) is 13.1. The summed E-state index contributed by atoms with van der Waals surface area (Å²) < 4.78 is 0. The lowest BCUT2D eigenvalue weighted by Gasteiger charge is -2.06. The largest absolute Gasteiger partial charge is 0.286 e. The Bertz CT molecular complexity index is 584. The van der Waals surface area contributed by atoms with Crippen molar-refractivity contribution in [2.24, 2.45) is 4.99 Å². The minimum absolute atomic E-state index is 0.0333. The number of ketones is 1. The van der Waals surface area contributed by atoms with Gasteiger partial charge in [-0.1, -0.05) is 29.4 Å². The Balaban J connectivity index is 2.43. The molecule has 0 saturated carbocycles. The van der Waals surface area contributed by atoms with Crippen LogP contribution in [0.1, 0.15) is 10.4 Å². The molecule has 0 unspecified atom stereocenters. The number of Topliss-reactive ketones (excluding diaryl/α,β-unsaturated/α-hetero) is 1. The highest BCUT2D eigenvalue weighted by Crippen LogP contribution is 2.26. The first-order valence-electron chi connectivity index (χ1n) is 4.94. The fourth-order valence-corrected chi connectivity index (χ4v) is 2.27. The molecular weight excluding hydrogens is 276 g/mol. The number of hydrogen-bond donors (Lipinski definition) is 0. The third-order valence-corrected chi connectivity index (χ3v) is 3.31. The lowest BCUT2D eigenvalue weighted by atomic mass is 10.1. The van der Waals surface area contributed by atoms with E-state index < -0.39 is 10.7 Å². The van der Waals surface area contributed by atoms with Crippen LogP contribution in [0.25, 0.3) is 0 Å². The quantitative estimate of drug-likeness (QED) is 0.485. The summed E-state index contributed by atoms with van der Waals surface area (Å²) in [6.45, 7) is 0.405. The smallest absolute Gasteiger partial charge is 0.280 e. The molecule has 1 heterocycles. The number of carbonyl (C=O) groups is 1. The fourth-order valence-electron chi connectivity index (χ4n) is 1.42. The first kappa shape index (κ1) is 12.8. The number of benzene rings is 1. The summed E-state index contributed by atoms with van der Waals surface area (Å²) in [5, 5.41) is 13.1. The molecular formula is C11H7ClN2O3S. The predicted molar refractivity (Wildman–Crippen MR) is 71.5 cm³/mol. The van der Waals surface area contributed by atoms with Gasteiger partial charge in [-0.25, -0.2) is 0 Å². The van der Waals surface area contributed by atoms with Crippen LogP contribution >= 0.6 is 23.4 Å². The van der Waals surface area contributed by atoms with E-state index in [1.54, 1.807) is 11.5 Å². The summed E-state index contributed by atoms with van der Waals surface area (Å²) in [6.07, 6.45) is 1.80. The molecule has 1 aliphatic heterocycles. The standard InChI is InChI=1S/C11H7ClN2O3S/c12-7-2-3-9(14(16)17)8(6-7)10(15)11-13-4-1-5-18-11/h1-3,5-6H,4H2. The maximum Gasteiger partial charge on any atom is 0.280 e. The molecule has 0 radical (unpaired) electrons. The van der Waals surface area contributed by atoms with Crippen LogP contribution < -0.4 is 0 Å². The third kappa shape index (κ3) is 2.60. The van der Waals surface area contributed by atoms with E-state index in [0.29, 0.717) is 6.54 Å². The van der Waals surface area contributed by atoms with Crippen molar-refractivity contribution in [1.29, 1.82) is 0 Å². The van der Waals surface area contributed by atoms with E-state index in [1.165, 1.54) is 18.2 Å². The molecule has 0 fully saturated rings. The van der Waals surface area contributed by atoms with Gasteiger partial charge in [0, 0.05) is 11.1 Å². The number of carbonyl (C=O) groups excluding carboxylic acids is 1. The molecule has 7 heteroatoms. The van der Waals surface area contributed by atoms with Crippen LogP contribution in [0.4, 0.5) is 5.69 Å². The Morgan fingerprint density at radius 3 is 2.89 bits per heavy atom. The van der Waals surface area contributed by atoms with E-state index in [9.17, 15) is 14.9 Å². The minimum atomic E-state index is -0.604. The van der Waals surface area contributed by atoms with Gasteiger partial charge < -0.3 is 0 Å². The molecule has 0 bridgehead atoms. The highest BCUT2D eigenvalue weighted by molar-refractivity contribution is 8.18. The second-order valence-corrected chi connectivity index (χ2v) is 4.71. The molecule has 0 atom stereocenters. The Morgan fingerprint density at radius 2 is 2.28 bits per heavy atom. The molecule has 2 rings (SSSR count). The van der Waals surface area contributed by atoms with Gasteiger partial charge in [-0.05, 0) is 17.5 Å². The summed E-state index contributed by atoms with van der Waals surface area (Å²) in [5.41, 5.74) is -0.295. The first-order valence-corrected chi connectivity index (χ1v) is 6.20. The summed E-state index contributed by atoms with van der Waals surface area (Å²) in [7, 11) is 0. The van der Waals surface area contributed by atoms with E-state index in [1.807, 2.05) is 0 Å². The Morgan fingerprint density at radius 1 is 1.50 bits per heavy atom. The maximum absolute atomic E-state index is 12.1. The summed E-state index contributed by atoms with van der Waals surface area (Å²) in [6, 6.07) is 3.90. The van der Waals surface area contributed by atoms with Crippen molar-refractivity contribution in [2.45, 2.75) is 0 Å². The zero-order valence-corrected chi connectivity index (χ0v) is 10.6. The number of nitrogens with zero attached hydrogens (tertiary/aromatic N) is 2. The van der Waals surface area contributed by atoms with Gasteiger partial charge in [0.25, 0.3) is 5.69 Å². The van der Waals surface area contributed by atoms with Gasteiger partial charge in [0.2, 0.25) is 5.78 Å². The molecule has 92 valence electrons. The fraction of sp³-hybridized carbons (Fsp3) is 0.0909. The van der Waals surface area contributed by atoms with Crippen molar-refractivity contribution in [3.63, 3.8) is 0 Å². The van der Waals surface area contributed by atoms with Gasteiger partial charge in [0.1, 0.15) is 10.6 Å². The van der Waals surface area contributed by atoms with Gasteiger partial charge in [-0.2, -0.15) is 0 Å². The van der Waals surface area contributed by atoms with Crippen molar-refractivity contribution < 1.29 is 9.72 Å². The molecule has 0 spiro atoms.